The lowest BCUT2D eigenvalue weighted by molar-refractivity contribution is -0.142. The van der Waals surface area contributed by atoms with Crippen molar-refractivity contribution in [3.63, 3.8) is 0 Å². The van der Waals surface area contributed by atoms with Gasteiger partial charge < -0.3 is 20.5 Å². The second-order valence-electron chi connectivity index (χ2n) is 6.40. The molecule has 20 heavy (non-hydrogen) atoms. The van der Waals surface area contributed by atoms with E-state index in [1.165, 1.54) is 0 Å². The molecule has 0 aromatic rings. The number of rotatable bonds is 3. The van der Waals surface area contributed by atoms with Crippen molar-refractivity contribution in [2.75, 3.05) is 6.61 Å². The predicted molar refractivity (Wildman–Crippen MR) is 73.5 cm³/mol. The molecule has 3 unspecified atom stereocenters. The number of amides is 2. The van der Waals surface area contributed by atoms with Crippen molar-refractivity contribution in [2.45, 2.75) is 63.6 Å². The van der Waals surface area contributed by atoms with E-state index in [2.05, 4.69) is 10.6 Å². The fourth-order valence-electron chi connectivity index (χ4n) is 3.18. The third kappa shape index (κ3) is 3.85. The summed E-state index contributed by atoms with van der Waals surface area (Å²) >= 11 is 0. The fourth-order valence-corrected chi connectivity index (χ4v) is 3.18. The van der Waals surface area contributed by atoms with Gasteiger partial charge in [-0.05, 0) is 39.5 Å². The van der Waals surface area contributed by atoms with Gasteiger partial charge in [-0.1, -0.05) is 6.42 Å². The summed E-state index contributed by atoms with van der Waals surface area (Å²) in [5, 5.41) is 14.8. The van der Waals surface area contributed by atoms with E-state index in [0.717, 1.165) is 25.7 Å². The quantitative estimate of drug-likeness (QED) is 0.733. The number of hydrogen-bond donors (Lipinski definition) is 3. The first-order chi connectivity index (χ1) is 9.37. The maximum Gasteiger partial charge on any atom is 0.315 e. The van der Waals surface area contributed by atoms with Crippen LogP contribution >= 0.6 is 0 Å². The van der Waals surface area contributed by atoms with E-state index in [0.29, 0.717) is 13.0 Å². The van der Waals surface area contributed by atoms with Crippen molar-refractivity contribution in [2.24, 2.45) is 5.92 Å². The molecule has 1 saturated carbocycles. The van der Waals surface area contributed by atoms with Gasteiger partial charge in [-0.2, -0.15) is 0 Å². The molecule has 2 rings (SSSR count). The topological polar surface area (TPSA) is 87.7 Å². The highest BCUT2D eigenvalue weighted by Crippen LogP contribution is 2.26. The third-order valence-electron chi connectivity index (χ3n) is 4.18. The number of ether oxygens (including phenoxy) is 1. The first-order valence-corrected chi connectivity index (χ1v) is 7.31. The lowest BCUT2D eigenvalue weighted by Crippen LogP contribution is -2.52. The van der Waals surface area contributed by atoms with E-state index in [4.69, 9.17) is 9.84 Å². The molecule has 3 N–H and O–H groups in total. The number of carboxylic acids is 1. The molecule has 6 heteroatoms. The van der Waals surface area contributed by atoms with Crippen LogP contribution in [-0.2, 0) is 9.53 Å². The average molecular weight is 284 g/mol. The second-order valence-corrected chi connectivity index (χ2v) is 6.40. The van der Waals surface area contributed by atoms with Gasteiger partial charge in [0, 0.05) is 18.7 Å². The molecular formula is C14H24N2O4. The number of carbonyl (C=O) groups excluding carboxylic acids is 1. The monoisotopic (exact) mass is 284 g/mol. The highest BCUT2D eigenvalue weighted by Gasteiger charge is 2.35. The van der Waals surface area contributed by atoms with E-state index >= 15 is 0 Å². The number of nitrogens with one attached hydrogen (secondary N) is 2. The minimum atomic E-state index is -0.819. The van der Waals surface area contributed by atoms with E-state index < -0.39 is 11.9 Å². The van der Waals surface area contributed by atoms with Crippen LogP contribution in [0.15, 0.2) is 0 Å². The average Bonchev–Trinajstić information content (AvgIpc) is 2.75. The van der Waals surface area contributed by atoms with Crippen LogP contribution < -0.4 is 10.6 Å². The molecule has 1 saturated heterocycles. The molecule has 2 aliphatic rings. The fraction of sp³-hybridized carbons (Fsp3) is 0.857. The number of hydrogen-bond acceptors (Lipinski definition) is 3. The van der Waals surface area contributed by atoms with Crippen LogP contribution in [-0.4, -0.2) is 41.4 Å². The predicted octanol–water partition coefficient (Wildman–Crippen LogP) is 1.50. The molecule has 0 radical (unpaired) electrons. The van der Waals surface area contributed by atoms with E-state index in [1.54, 1.807) is 0 Å². The molecule has 1 aliphatic carbocycles. The lowest BCUT2D eigenvalue weighted by Gasteiger charge is -2.36. The summed E-state index contributed by atoms with van der Waals surface area (Å²) in [6, 6.07) is -0.422. The highest BCUT2D eigenvalue weighted by molar-refractivity contribution is 5.77. The van der Waals surface area contributed by atoms with E-state index in [1.807, 2.05) is 13.8 Å². The Hall–Kier alpha value is -1.30. The molecule has 3 atom stereocenters. The Morgan fingerprint density at radius 2 is 1.95 bits per heavy atom. The maximum absolute atomic E-state index is 12.0. The first kappa shape index (κ1) is 15.1. The van der Waals surface area contributed by atoms with Crippen molar-refractivity contribution in [3.8, 4) is 0 Å². The standard InChI is InChI=1S/C14H24N2O4/c1-14(2)8-9(6-7-20-14)15-13(19)16-11-5-3-4-10(11)12(17)18/h9-11H,3-8H2,1-2H3,(H,17,18)(H2,15,16,19). The largest absolute Gasteiger partial charge is 0.481 e. The minimum absolute atomic E-state index is 0.0865. The Morgan fingerprint density at radius 3 is 2.60 bits per heavy atom. The van der Waals surface area contributed by atoms with E-state index in [9.17, 15) is 9.59 Å². The molecular weight excluding hydrogens is 260 g/mol. The molecule has 6 nitrogen and oxygen atoms in total. The molecule has 0 aromatic heterocycles. The summed E-state index contributed by atoms with van der Waals surface area (Å²) in [5.74, 6) is -1.27. The normalized spacial score (nSPS) is 32.6. The number of aliphatic carboxylic acids is 1. The van der Waals surface area contributed by atoms with Crippen LogP contribution in [0.5, 0.6) is 0 Å². The zero-order chi connectivity index (χ0) is 14.8. The van der Waals surface area contributed by atoms with Crippen LogP contribution in [0.25, 0.3) is 0 Å². The van der Waals surface area contributed by atoms with E-state index in [-0.39, 0.29) is 23.7 Å². The van der Waals surface area contributed by atoms with Crippen molar-refractivity contribution in [1.82, 2.24) is 10.6 Å². The Morgan fingerprint density at radius 1 is 1.20 bits per heavy atom. The second kappa shape index (κ2) is 5.99. The summed E-state index contributed by atoms with van der Waals surface area (Å²) < 4.78 is 5.61. The molecule has 2 amide bonds. The van der Waals surface area contributed by atoms with Gasteiger partial charge in [0.15, 0.2) is 0 Å². The van der Waals surface area contributed by atoms with Gasteiger partial charge >= 0.3 is 12.0 Å². The van der Waals surface area contributed by atoms with Gasteiger partial charge in [-0.15, -0.1) is 0 Å². The summed E-state index contributed by atoms with van der Waals surface area (Å²) in [6.45, 7) is 4.66. The van der Waals surface area contributed by atoms with Crippen LogP contribution in [0.2, 0.25) is 0 Å². The van der Waals surface area contributed by atoms with Gasteiger partial charge in [-0.25, -0.2) is 4.79 Å². The zero-order valence-corrected chi connectivity index (χ0v) is 12.1. The Balaban J connectivity index is 1.82. The summed E-state index contributed by atoms with van der Waals surface area (Å²) in [4.78, 5) is 23.1. The SMILES string of the molecule is CC1(C)CC(NC(=O)NC2CCCC2C(=O)O)CCO1. The Bertz CT molecular complexity index is 383. The zero-order valence-electron chi connectivity index (χ0n) is 12.1. The molecule has 0 aromatic carbocycles. The van der Waals surface area contributed by atoms with Crippen molar-refractivity contribution < 1.29 is 19.4 Å². The Kier molecular flexibility index (Phi) is 4.52. The molecule has 114 valence electrons. The maximum atomic E-state index is 12.0. The van der Waals surface area contributed by atoms with Gasteiger partial charge in [0.05, 0.1) is 11.5 Å². The molecule has 0 spiro atoms. The molecule has 1 aliphatic heterocycles. The smallest absolute Gasteiger partial charge is 0.315 e. The van der Waals surface area contributed by atoms with Crippen molar-refractivity contribution >= 4 is 12.0 Å². The van der Waals surface area contributed by atoms with Crippen LogP contribution in [0.3, 0.4) is 0 Å². The number of carbonyl (C=O) groups is 2. The number of carboxylic acid groups (broad SMARTS) is 1. The van der Waals surface area contributed by atoms with Gasteiger partial charge in [-0.3, -0.25) is 4.79 Å². The molecule has 0 bridgehead atoms. The van der Waals surface area contributed by atoms with Gasteiger partial charge in [0.2, 0.25) is 0 Å². The van der Waals surface area contributed by atoms with Crippen molar-refractivity contribution in [1.29, 1.82) is 0 Å². The Labute approximate surface area is 119 Å². The number of urea groups is 1. The molecule has 2 fully saturated rings. The van der Waals surface area contributed by atoms with Crippen LogP contribution in [0.1, 0.15) is 46.0 Å². The summed E-state index contributed by atoms with van der Waals surface area (Å²) in [7, 11) is 0. The van der Waals surface area contributed by atoms with Crippen LogP contribution in [0, 0.1) is 5.92 Å². The van der Waals surface area contributed by atoms with Crippen molar-refractivity contribution in [3.05, 3.63) is 0 Å². The lowest BCUT2D eigenvalue weighted by atomic mass is 9.94. The third-order valence-corrected chi connectivity index (χ3v) is 4.18. The summed E-state index contributed by atoms with van der Waals surface area (Å²) in [6.07, 6.45) is 3.80. The summed E-state index contributed by atoms with van der Waals surface area (Å²) in [5.41, 5.74) is -0.215. The first-order valence-electron chi connectivity index (χ1n) is 7.31. The van der Waals surface area contributed by atoms with Gasteiger partial charge in [0.1, 0.15) is 0 Å². The highest BCUT2D eigenvalue weighted by atomic mass is 16.5. The minimum Gasteiger partial charge on any atom is -0.481 e. The van der Waals surface area contributed by atoms with Crippen LogP contribution in [0.4, 0.5) is 4.79 Å². The van der Waals surface area contributed by atoms with Gasteiger partial charge in [0.25, 0.3) is 0 Å². The molecule has 1 heterocycles.